The van der Waals surface area contributed by atoms with Crippen molar-refractivity contribution in [3.63, 3.8) is 0 Å². The number of benzene rings is 1. The van der Waals surface area contributed by atoms with E-state index >= 15 is 0 Å². The van der Waals surface area contributed by atoms with Crippen LogP contribution in [0.5, 0.6) is 5.75 Å². The second-order valence-corrected chi connectivity index (χ2v) is 4.45. The molecule has 0 amide bonds. The van der Waals surface area contributed by atoms with Gasteiger partial charge in [0.2, 0.25) is 0 Å². The number of ether oxygens (including phenoxy) is 1. The molecular formula is C13H17F3N2O. The van der Waals surface area contributed by atoms with Crippen LogP contribution in [0.25, 0.3) is 0 Å². The van der Waals surface area contributed by atoms with Crippen LogP contribution < -0.4 is 10.1 Å². The van der Waals surface area contributed by atoms with Crippen LogP contribution in [0.2, 0.25) is 0 Å². The van der Waals surface area contributed by atoms with Gasteiger partial charge in [0.25, 0.3) is 6.43 Å². The maximum absolute atomic E-state index is 13.4. The van der Waals surface area contributed by atoms with Gasteiger partial charge in [0.15, 0.2) is 0 Å². The standard InChI is InChI=1S/C13H17F3N2O/c1-19-11-3-2-9(14)8-10(11)12(13(15)16)18-6-4-17-5-7-18/h2-3,8,12-13,17H,4-7H2,1H3/t12-/m1/s1. The first-order valence-electron chi connectivity index (χ1n) is 6.20. The molecule has 0 unspecified atom stereocenters. The van der Waals surface area contributed by atoms with Crippen molar-refractivity contribution in [2.75, 3.05) is 33.3 Å². The molecule has 1 N–H and O–H groups in total. The molecule has 0 spiro atoms. The first-order valence-corrected chi connectivity index (χ1v) is 6.20. The Bertz CT molecular complexity index is 422. The number of hydrogen-bond donors (Lipinski definition) is 1. The highest BCUT2D eigenvalue weighted by molar-refractivity contribution is 5.37. The fourth-order valence-corrected chi connectivity index (χ4v) is 2.39. The zero-order valence-corrected chi connectivity index (χ0v) is 10.7. The van der Waals surface area contributed by atoms with Crippen molar-refractivity contribution in [1.29, 1.82) is 0 Å². The third-order valence-corrected chi connectivity index (χ3v) is 3.29. The quantitative estimate of drug-likeness (QED) is 0.909. The Morgan fingerprint density at radius 3 is 2.53 bits per heavy atom. The summed E-state index contributed by atoms with van der Waals surface area (Å²) in [6.45, 7) is 2.32. The fourth-order valence-electron chi connectivity index (χ4n) is 2.39. The summed E-state index contributed by atoms with van der Waals surface area (Å²) in [5.41, 5.74) is 0.208. The molecule has 1 aromatic carbocycles. The molecule has 1 atom stereocenters. The molecule has 0 radical (unpaired) electrons. The number of alkyl halides is 2. The Morgan fingerprint density at radius 2 is 1.95 bits per heavy atom. The van der Waals surface area contributed by atoms with Gasteiger partial charge >= 0.3 is 0 Å². The van der Waals surface area contributed by atoms with Crippen LogP contribution in [0.4, 0.5) is 13.2 Å². The molecule has 19 heavy (non-hydrogen) atoms. The number of piperazine rings is 1. The third kappa shape index (κ3) is 3.19. The summed E-state index contributed by atoms with van der Waals surface area (Å²) in [7, 11) is 1.40. The van der Waals surface area contributed by atoms with E-state index in [9.17, 15) is 13.2 Å². The number of halogens is 3. The molecule has 3 nitrogen and oxygen atoms in total. The Hall–Kier alpha value is -1.27. The molecule has 1 saturated heterocycles. The summed E-state index contributed by atoms with van der Waals surface area (Å²) in [4.78, 5) is 1.67. The predicted octanol–water partition coefficient (Wildman–Crippen LogP) is 2.05. The van der Waals surface area contributed by atoms with Crippen molar-refractivity contribution >= 4 is 0 Å². The lowest BCUT2D eigenvalue weighted by Gasteiger charge is -2.35. The molecule has 6 heteroatoms. The SMILES string of the molecule is COc1ccc(F)cc1[C@H](C(F)F)N1CCNCC1. The highest BCUT2D eigenvalue weighted by Crippen LogP contribution is 2.34. The smallest absolute Gasteiger partial charge is 0.258 e. The van der Waals surface area contributed by atoms with E-state index in [1.165, 1.54) is 19.2 Å². The zero-order chi connectivity index (χ0) is 13.8. The summed E-state index contributed by atoms with van der Waals surface area (Å²) in [5.74, 6) is -0.234. The molecule has 1 aliphatic heterocycles. The van der Waals surface area contributed by atoms with Gasteiger partial charge in [-0.25, -0.2) is 13.2 Å². The van der Waals surface area contributed by atoms with E-state index in [1.54, 1.807) is 4.90 Å². The van der Waals surface area contributed by atoms with Gasteiger partial charge in [-0.05, 0) is 18.2 Å². The lowest BCUT2D eigenvalue weighted by atomic mass is 10.0. The van der Waals surface area contributed by atoms with E-state index < -0.39 is 18.3 Å². The van der Waals surface area contributed by atoms with Crippen LogP contribution in [0, 0.1) is 5.82 Å². The monoisotopic (exact) mass is 274 g/mol. The van der Waals surface area contributed by atoms with E-state index in [1.807, 2.05) is 0 Å². The van der Waals surface area contributed by atoms with Crippen LogP contribution in [-0.2, 0) is 0 Å². The Morgan fingerprint density at radius 1 is 1.26 bits per heavy atom. The average molecular weight is 274 g/mol. The molecule has 1 aliphatic rings. The van der Waals surface area contributed by atoms with Crippen LogP contribution in [0.3, 0.4) is 0 Å². The fraction of sp³-hybridized carbons (Fsp3) is 0.538. The first-order chi connectivity index (χ1) is 9.13. The summed E-state index contributed by atoms with van der Waals surface area (Å²) >= 11 is 0. The molecule has 1 aromatic rings. The lowest BCUT2D eigenvalue weighted by molar-refractivity contribution is 0.0169. The van der Waals surface area contributed by atoms with Gasteiger partial charge in [-0.3, -0.25) is 4.90 Å². The van der Waals surface area contributed by atoms with E-state index in [-0.39, 0.29) is 5.56 Å². The van der Waals surface area contributed by atoms with E-state index in [0.717, 1.165) is 6.07 Å². The van der Waals surface area contributed by atoms with Gasteiger partial charge in [0.1, 0.15) is 17.6 Å². The maximum atomic E-state index is 13.4. The van der Waals surface area contributed by atoms with Crippen molar-refractivity contribution < 1.29 is 17.9 Å². The second-order valence-electron chi connectivity index (χ2n) is 4.45. The van der Waals surface area contributed by atoms with Crippen molar-refractivity contribution in [2.24, 2.45) is 0 Å². The van der Waals surface area contributed by atoms with Gasteiger partial charge in [-0.15, -0.1) is 0 Å². The van der Waals surface area contributed by atoms with Crippen LogP contribution >= 0.6 is 0 Å². The molecule has 1 fully saturated rings. The minimum atomic E-state index is -2.59. The zero-order valence-electron chi connectivity index (χ0n) is 10.7. The largest absolute Gasteiger partial charge is 0.496 e. The van der Waals surface area contributed by atoms with Crippen molar-refractivity contribution in [3.8, 4) is 5.75 Å². The average Bonchev–Trinajstić information content (AvgIpc) is 2.40. The third-order valence-electron chi connectivity index (χ3n) is 3.29. The van der Waals surface area contributed by atoms with Crippen molar-refractivity contribution in [3.05, 3.63) is 29.6 Å². The molecular weight excluding hydrogens is 257 g/mol. The van der Waals surface area contributed by atoms with Gasteiger partial charge in [0, 0.05) is 31.7 Å². The normalized spacial score (nSPS) is 18.6. The van der Waals surface area contributed by atoms with E-state index in [0.29, 0.717) is 31.9 Å². The Balaban J connectivity index is 2.34. The molecule has 0 aliphatic carbocycles. The van der Waals surface area contributed by atoms with Gasteiger partial charge in [-0.1, -0.05) is 0 Å². The van der Waals surface area contributed by atoms with Crippen LogP contribution in [0.15, 0.2) is 18.2 Å². The van der Waals surface area contributed by atoms with Gasteiger partial charge < -0.3 is 10.1 Å². The number of hydrogen-bond acceptors (Lipinski definition) is 3. The van der Waals surface area contributed by atoms with E-state index in [2.05, 4.69) is 5.32 Å². The number of rotatable bonds is 4. The number of methoxy groups -OCH3 is 1. The molecule has 0 aromatic heterocycles. The minimum absolute atomic E-state index is 0.208. The minimum Gasteiger partial charge on any atom is -0.496 e. The highest BCUT2D eigenvalue weighted by atomic mass is 19.3. The molecule has 0 bridgehead atoms. The summed E-state index contributed by atoms with van der Waals surface area (Å²) in [6.07, 6.45) is -2.59. The van der Waals surface area contributed by atoms with Crippen LogP contribution in [0.1, 0.15) is 11.6 Å². The molecule has 1 heterocycles. The maximum Gasteiger partial charge on any atom is 0.258 e. The molecule has 2 rings (SSSR count). The highest BCUT2D eigenvalue weighted by Gasteiger charge is 2.32. The Kier molecular flexibility index (Phi) is 4.66. The van der Waals surface area contributed by atoms with Crippen molar-refractivity contribution in [2.45, 2.75) is 12.5 Å². The Labute approximate surface area is 110 Å². The van der Waals surface area contributed by atoms with Gasteiger partial charge in [-0.2, -0.15) is 0 Å². The van der Waals surface area contributed by atoms with Crippen molar-refractivity contribution in [1.82, 2.24) is 10.2 Å². The topological polar surface area (TPSA) is 24.5 Å². The number of nitrogens with zero attached hydrogens (tertiary/aromatic N) is 1. The van der Waals surface area contributed by atoms with Gasteiger partial charge in [0.05, 0.1) is 7.11 Å². The first kappa shape index (κ1) is 14.1. The number of nitrogens with one attached hydrogen (secondary N) is 1. The summed E-state index contributed by atoms with van der Waals surface area (Å²) < 4.78 is 45.2. The van der Waals surface area contributed by atoms with E-state index in [4.69, 9.17) is 4.74 Å². The summed E-state index contributed by atoms with van der Waals surface area (Å²) in [5, 5.41) is 3.11. The van der Waals surface area contributed by atoms with Crippen LogP contribution in [-0.4, -0.2) is 44.6 Å². The molecule has 0 saturated carbocycles. The lowest BCUT2D eigenvalue weighted by Crippen LogP contribution is -2.47. The second kappa shape index (κ2) is 6.25. The predicted molar refractivity (Wildman–Crippen MR) is 66.1 cm³/mol. The molecule has 106 valence electrons. The summed E-state index contributed by atoms with van der Waals surface area (Å²) in [6, 6.07) is 2.61.